The molecule has 1 fully saturated rings. The third-order valence-corrected chi connectivity index (χ3v) is 6.02. The zero-order valence-corrected chi connectivity index (χ0v) is 18.1. The van der Waals surface area contributed by atoms with E-state index in [0.717, 1.165) is 44.5 Å². The van der Waals surface area contributed by atoms with Crippen LogP contribution in [0, 0.1) is 17.2 Å². The Morgan fingerprint density at radius 3 is 2.26 bits per heavy atom. The number of hydrogen-bond donors (Lipinski definition) is 0. The van der Waals surface area contributed by atoms with E-state index in [1.165, 1.54) is 5.56 Å². The molecule has 1 aliphatic rings. The zero-order valence-electron chi connectivity index (χ0n) is 18.1. The highest BCUT2D eigenvalue weighted by Crippen LogP contribution is 2.23. The van der Waals surface area contributed by atoms with Crippen LogP contribution in [0.4, 0.5) is 5.69 Å². The van der Waals surface area contributed by atoms with E-state index in [-0.39, 0.29) is 31.1 Å². The van der Waals surface area contributed by atoms with E-state index in [9.17, 15) is 9.59 Å². The molecule has 1 saturated heterocycles. The average molecular weight is 418 g/mol. The maximum atomic E-state index is 12.8. The van der Waals surface area contributed by atoms with Crippen molar-refractivity contribution in [2.75, 3.05) is 24.5 Å². The number of nitriles is 1. The Morgan fingerprint density at radius 2 is 1.61 bits per heavy atom. The van der Waals surface area contributed by atoms with Gasteiger partial charge in [-0.2, -0.15) is 5.26 Å². The molecule has 162 valence electrons. The number of rotatable bonds is 9. The van der Waals surface area contributed by atoms with Crippen molar-refractivity contribution >= 4 is 17.5 Å². The van der Waals surface area contributed by atoms with E-state index >= 15 is 0 Å². The van der Waals surface area contributed by atoms with Crippen LogP contribution >= 0.6 is 0 Å². The van der Waals surface area contributed by atoms with Gasteiger partial charge in [0.05, 0.1) is 12.5 Å². The summed E-state index contributed by atoms with van der Waals surface area (Å²) in [5, 5.41) is 8.91. The fourth-order valence-electron chi connectivity index (χ4n) is 4.16. The highest BCUT2D eigenvalue weighted by Gasteiger charge is 2.24. The number of carbonyl (C=O) groups excluding carboxylic acids is 2. The van der Waals surface area contributed by atoms with Crippen molar-refractivity contribution in [1.82, 2.24) is 4.90 Å². The first-order valence-corrected chi connectivity index (χ1v) is 11.2. The van der Waals surface area contributed by atoms with Gasteiger partial charge in [-0.1, -0.05) is 48.5 Å². The summed E-state index contributed by atoms with van der Waals surface area (Å²) in [4.78, 5) is 28.9. The molecule has 0 atom stereocenters. The number of likely N-dealkylation sites (tertiary alicyclic amines) is 1. The summed E-state index contributed by atoms with van der Waals surface area (Å²) >= 11 is 0. The molecule has 0 radical (unpaired) electrons. The lowest BCUT2D eigenvalue weighted by Crippen LogP contribution is -2.39. The molecule has 2 aromatic rings. The van der Waals surface area contributed by atoms with Gasteiger partial charge in [-0.25, -0.2) is 0 Å². The third kappa shape index (κ3) is 6.96. The first-order valence-electron chi connectivity index (χ1n) is 11.2. The second kappa shape index (κ2) is 11.9. The minimum Gasteiger partial charge on any atom is -0.343 e. The molecule has 5 nitrogen and oxygen atoms in total. The van der Waals surface area contributed by atoms with Gasteiger partial charge in [0.2, 0.25) is 11.8 Å². The van der Waals surface area contributed by atoms with Gasteiger partial charge in [-0.15, -0.1) is 0 Å². The molecule has 2 amide bonds. The van der Waals surface area contributed by atoms with Crippen LogP contribution in [0.1, 0.15) is 44.1 Å². The Kier molecular flexibility index (Phi) is 8.66. The molecule has 0 N–H and O–H groups in total. The molecule has 0 unspecified atom stereocenters. The molecule has 0 bridgehead atoms. The molecule has 0 aliphatic carbocycles. The lowest BCUT2D eigenvalue weighted by atomic mass is 9.90. The summed E-state index contributed by atoms with van der Waals surface area (Å²) in [6, 6.07) is 22.0. The van der Waals surface area contributed by atoms with Gasteiger partial charge in [0.15, 0.2) is 0 Å². The van der Waals surface area contributed by atoms with Gasteiger partial charge in [0.1, 0.15) is 0 Å². The summed E-state index contributed by atoms with van der Waals surface area (Å²) in [5.41, 5.74) is 2.15. The largest absolute Gasteiger partial charge is 0.343 e. The lowest BCUT2D eigenvalue weighted by Gasteiger charge is -2.32. The molecule has 2 aromatic carbocycles. The summed E-state index contributed by atoms with van der Waals surface area (Å²) < 4.78 is 0. The predicted octanol–water partition coefficient (Wildman–Crippen LogP) is 4.58. The molecular weight excluding hydrogens is 386 g/mol. The molecule has 5 heteroatoms. The summed E-state index contributed by atoms with van der Waals surface area (Å²) in [6.45, 7) is 1.91. The third-order valence-electron chi connectivity index (χ3n) is 6.02. The van der Waals surface area contributed by atoms with Crippen LogP contribution in [0.25, 0.3) is 0 Å². The number of piperidine rings is 1. The van der Waals surface area contributed by atoms with Crippen LogP contribution in [0.2, 0.25) is 0 Å². The second-order valence-electron chi connectivity index (χ2n) is 8.14. The van der Waals surface area contributed by atoms with Gasteiger partial charge in [0.25, 0.3) is 0 Å². The van der Waals surface area contributed by atoms with E-state index in [0.29, 0.717) is 12.5 Å². The predicted molar refractivity (Wildman–Crippen MR) is 122 cm³/mol. The van der Waals surface area contributed by atoms with Crippen LogP contribution in [-0.4, -0.2) is 36.3 Å². The maximum absolute atomic E-state index is 12.8. The van der Waals surface area contributed by atoms with Crippen LogP contribution in [0.15, 0.2) is 60.7 Å². The molecule has 1 aliphatic heterocycles. The number of nitrogens with zero attached hydrogens (tertiary/aromatic N) is 3. The Labute approximate surface area is 185 Å². The number of aryl methyl sites for hydroxylation is 1. The van der Waals surface area contributed by atoms with Gasteiger partial charge in [-0.05, 0) is 49.3 Å². The van der Waals surface area contributed by atoms with Crippen LogP contribution in [-0.2, 0) is 16.0 Å². The van der Waals surface area contributed by atoms with Crippen molar-refractivity contribution in [3.8, 4) is 6.07 Å². The number of carbonyl (C=O) groups is 2. The van der Waals surface area contributed by atoms with Crippen molar-refractivity contribution < 1.29 is 9.59 Å². The second-order valence-corrected chi connectivity index (χ2v) is 8.14. The SMILES string of the molecule is N#CCCN(C(=O)CCC(=O)N1CCC(CCc2ccccc2)CC1)c1ccccc1. The molecule has 0 spiro atoms. The normalized spacial score (nSPS) is 14.1. The van der Waals surface area contributed by atoms with Gasteiger partial charge >= 0.3 is 0 Å². The van der Waals surface area contributed by atoms with Gasteiger partial charge in [-0.3, -0.25) is 9.59 Å². The topological polar surface area (TPSA) is 64.4 Å². The van der Waals surface area contributed by atoms with Gasteiger partial charge < -0.3 is 9.80 Å². The molecule has 0 aromatic heterocycles. The van der Waals surface area contributed by atoms with Gasteiger partial charge in [0, 0.05) is 38.2 Å². The highest BCUT2D eigenvalue weighted by atomic mass is 16.2. The summed E-state index contributed by atoms with van der Waals surface area (Å²) in [5.74, 6) is 0.612. The summed E-state index contributed by atoms with van der Waals surface area (Å²) in [6.07, 6.45) is 4.98. The minimum atomic E-state index is -0.104. The Bertz CT molecular complexity index is 869. The Balaban J connectivity index is 1.42. The van der Waals surface area contributed by atoms with E-state index in [4.69, 9.17) is 5.26 Å². The van der Waals surface area contributed by atoms with Crippen molar-refractivity contribution in [3.63, 3.8) is 0 Å². The minimum absolute atomic E-state index is 0.0585. The number of amides is 2. The van der Waals surface area contributed by atoms with Crippen molar-refractivity contribution in [1.29, 1.82) is 5.26 Å². The Hall–Kier alpha value is -3.13. The standard InChI is InChI=1S/C26H31N3O2/c27-18-7-19-29(24-10-5-2-6-11-24)26(31)15-14-25(30)28-20-16-23(17-21-28)13-12-22-8-3-1-4-9-22/h1-6,8-11,23H,7,12-17,19-21H2. The number of para-hydroxylation sites is 1. The van der Waals surface area contributed by atoms with Crippen LogP contribution in [0.3, 0.4) is 0 Å². The lowest BCUT2D eigenvalue weighted by molar-refractivity contribution is -0.134. The highest BCUT2D eigenvalue weighted by molar-refractivity contribution is 5.95. The number of anilines is 1. The number of hydrogen-bond acceptors (Lipinski definition) is 3. The molecule has 0 saturated carbocycles. The van der Waals surface area contributed by atoms with E-state index < -0.39 is 0 Å². The van der Waals surface area contributed by atoms with E-state index in [1.54, 1.807) is 4.90 Å². The van der Waals surface area contributed by atoms with E-state index in [2.05, 4.69) is 30.3 Å². The molecule has 3 rings (SSSR count). The molecule has 1 heterocycles. The van der Waals surface area contributed by atoms with Crippen molar-refractivity contribution in [2.24, 2.45) is 5.92 Å². The molecular formula is C26H31N3O2. The maximum Gasteiger partial charge on any atom is 0.227 e. The monoisotopic (exact) mass is 417 g/mol. The van der Waals surface area contributed by atoms with Crippen molar-refractivity contribution in [2.45, 2.75) is 44.9 Å². The average Bonchev–Trinajstić information content (AvgIpc) is 2.83. The van der Waals surface area contributed by atoms with Crippen LogP contribution in [0.5, 0.6) is 0 Å². The zero-order chi connectivity index (χ0) is 21.9. The fourth-order valence-corrected chi connectivity index (χ4v) is 4.16. The van der Waals surface area contributed by atoms with E-state index in [1.807, 2.05) is 41.3 Å². The molecule has 31 heavy (non-hydrogen) atoms. The number of benzene rings is 2. The first kappa shape index (κ1) is 22.6. The smallest absolute Gasteiger partial charge is 0.227 e. The quantitative estimate of drug-likeness (QED) is 0.600. The Morgan fingerprint density at radius 1 is 0.968 bits per heavy atom. The van der Waals surface area contributed by atoms with Crippen molar-refractivity contribution in [3.05, 3.63) is 66.2 Å². The first-order chi connectivity index (χ1) is 15.2. The summed E-state index contributed by atoms with van der Waals surface area (Å²) in [7, 11) is 0. The fraction of sp³-hybridized carbons (Fsp3) is 0.423. The van der Waals surface area contributed by atoms with Crippen LogP contribution < -0.4 is 4.90 Å².